The predicted octanol–water partition coefficient (Wildman–Crippen LogP) is 4.60. The Bertz CT molecular complexity index is 1030. The molecule has 2 amide bonds. The minimum absolute atomic E-state index is 0.0108. The number of cyclic esters (lactones) is 1. The summed E-state index contributed by atoms with van der Waals surface area (Å²) in [4.78, 5) is 24.0. The van der Waals surface area contributed by atoms with Crippen molar-refractivity contribution in [2.45, 2.75) is 76.4 Å². The van der Waals surface area contributed by atoms with Crippen LogP contribution in [-0.2, 0) is 25.4 Å². The molecular formula is C28H39ClN2O6. The Morgan fingerprint density at radius 1 is 1.38 bits per heavy atom. The zero-order chi connectivity index (χ0) is 27.2. The maximum absolute atomic E-state index is 12.4. The molecule has 0 saturated carbocycles. The number of nitrogens with one attached hydrogen (secondary N) is 2. The molecule has 204 valence electrons. The maximum Gasteiger partial charge on any atom is 0.407 e. The highest BCUT2D eigenvalue weighted by atomic mass is 35.5. The predicted molar refractivity (Wildman–Crippen MR) is 143 cm³/mol. The van der Waals surface area contributed by atoms with E-state index in [4.69, 9.17) is 30.5 Å². The Morgan fingerprint density at radius 3 is 2.81 bits per heavy atom. The van der Waals surface area contributed by atoms with E-state index in [1.54, 1.807) is 21.3 Å². The van der Waals surface area contributed by atoms with Crippen LogP contribution in [0.15, 0.2) is 42.0 Å². The van der Waals surface area contributed by atoms with Gasteiger partial charge >= 0.3 is 6.09 Å². The summed E-state index contributed by atoms with van der Waals surface area (Å²) in [5.74, 6) is 0.635. The lowest BCUT2D eigenvalue weighted by atomic mass is 9.86. The molecule has 2 aliphatic rings. The highest BCUT2D eigenvalue weighted by Gasteiger charge is 2.57. The summed E-state index contributed by atoms with van der Waals surface area (Å²) >= 11 is 6.12. The molecule has 2 fully saturated rings. The van der Waals surface area contributed by atoms with E-state index >= 15 is 0 Å². The van der Waals surface area contributed by atoms with Gasteiger partial charge in [-0.05, 0) is 44.4 Å². The number of allylic oxidation sites excluding steroid dienone is 3. The summed E-state index contributed by atoms with van der Waals surface area (Å²) in [7, 11) is 4.86. The topological polar surface area (TPSA) is 98.4 Å². The van der Waals surface area contributed by atoms with Crippen LogP contribution in [0.25, 0.3) is 0 Å². The number of methoxy groups -OCH3 is 2. The van der Waals surface area contributed by atoms with Crippen molar-refractivity contribution >= 4 is 23.6 Å². The second kappa shape index (κ2) is 12.8. The van der Waals surface area contributed by atoms with Crippen LogP contribution in [0.5, 0.6) is 5.75 Å². The van der Waals surface area contributed by atoms with Crippen LogP contribution in [0.3, 0.4) is 0 Å². The van der Waals surface area contributed by atoms with Gasteiger partial charge in [0.05, 0.1) is 36.0 Å². The van der Waals surface area contributed by atoms with Gasteiger partial charge in [0.2, 0.25) is 5.91 Å². The number of carbonyl (C=O) groups is 2. The van der Waals surface area contributed by atoms with E-state index < -0.39 is 6.09 Å². The van der Waals surface area contributed by atoms with E-state index in [2.05, 4.69) is 17.6 Å². The van der Waals surface area contributed by atoms with E-state index in [1.165, 1.54) is 0 Å². The highest BCUT2D eigenvalue weighted by molar-refractivity contribution is 6.32. The van der Waals surface area contributed by atoms with E-state index in [0.29, 0.717) is 30.0 Å². The molecule has 2 aliphatic heterocycles. The summed E-state index contributed by atoms with van der Waals surface area (Å²) in [5.41, 5.74) is 1.88. The summed E-state index contributed by atoms with van der Waals surface area (Å²) in [6.45, 7) is 6.09. The number of alkyl carbamates (subject to hydrolysis) is 1. The largest absolute Gasteiger partial charge is 0.495 e. The first kappa shape index (κ1) is 29.0. The van der Waals surface area contributed by atoms with E-state index in [1.807, 2.05) is 50.3 Å². The number of carbonyl (C=O) groups excluding carboxylic acids is 2. The molecule has 0 aliphatic carbocycles. The third kappa shape index (κ3) is 7.72. The van der Waals surface area contributed by atoms with Gasteiger partial charge in [-0.1, -0.05) is 48.4 Å². The Morgan fingerprint density at radius 2 is 2.14 bits per heavy atom. The average molecular weight is 535 g/mol. The molecule has 0 spiro atoms. The van der Waals surface area contributed by atoms with Gasteiger partial charge in [0, 0.05) is 32.9 Å². The zero-order valence-electron chi connectivity index (χ0n) is 22.5. The SMILES string of the molecule is CNC(=O)CCC1(C)O[C@H]1[C@H](C)C1CC([C@@H](/C=C/C=C(\C)Cc2ccc(Cl)c(OC)c2)OC)NC(=O)O1. The van der Waals surface area contributed by atoms with Gasteiger partial charge < -0.3 is 29.6 Å². The molecule has 9 heteroatoms. The molecular weight excluding hydrogens is 496 g/mol. The molecule has 0 bridgehead atoms. The lowest BCUT2D eigenvalue weighted by molar-refractivity contribution is -0.120. The quantitative estimate of drug-likeness (QED) is 0.300. The maximum atomic E-state index is 12.4. The number of benzene rings is 1. The molecule has 8 nitrogen and oxygen atoms in total. The molecule has 0 radical (unpaired) electrons. The monoisotopic (exact) mass is 534 g/mol. The summed E-state index contributed by atoms with van der Waals surface area (Å²) in [6, 6.07) is 5.52. The zero-order valence-corrected chi connectivity index (χ0v) is 23.3. The number of epoxide rings is 1. The fraction of sp³-hybridized carbons (Fsp3) is 0.571. The lowest BCUT2D eigenvalue weighted by Crippen LogP contribution is -2.53. The number of hydrogen-bond donors (Lipinski definition) is 2. The Kier molecular flexibility index (Phi) is 10.0. The molecule has 2 saturated heterocycles. The summed E-state index contributed by atoms with van der Waals surface area (Å²) in [5, 5.41) is 6.12. The summed E-state index contributed by atoms with van der Waals surface area (Å²) < 4.78 is 22.6. The summed E-state index contributed by atoms with van der Waals surface area (Å²) in [6.07, 6.45) is 7.16. The average Bonchev–Trinajstić information content (AvgIpc) is 3.56. The standard InChI is InChI=1S/C28H39ClN2O6/c1-17(14-19-10-11-20(29)24(15-19)35-6)8-7-9-22(34-5)21-16-23(36-27(33)31-21)18(2)26-28(3,37-26)13-12-25(32)30-4/h7-11,15,18,21-23,26H,12-14,16H2,1-6H3,(H,30,32)(H,31,33)/b9-7+,17-8+/t18-,21?,22-,23?,26+,28?/m1/s1. The van der Waals surface area contributed by atoms with Crippen LogP contribution < -0.4 is 15.4 Å². The Balaban J connectivity index is 1.58. The minimum Gasteiger partial charge on any atom is -0.495 e. The molecule has 2 heterocycles. The number of hydrogen-bond acceptors (Lipinski definition) is 6. The van der Waals surface area contributed by atoms with Crippen molar-refractivity contribution in [3.8, 4) is 5.75 Å². The van der Waals surface area contributed by atoms with Crippen molar-refractivity contribution in [1.29, 1.82) is 0 Å². The van der Waals surface area contributed by atoms with E-state index in [0.717, 1.165) is 17.6 Å². The molecule has 6 atom stereocenters. The van der Waals surface area contributed by atoms with Crippen LogP contribution in [-0.4, -0.2) is 63.2 Å². The number of rotatable bonds is 12. The Hall–Kier alpha value is -2.55. The van der Waals surface area contributed by atoms with Crippen molar-refractivity contribution in [1.82, 2.24) is 10.6 Å². The number of amides is 2. The van der Waals surface area contributed by atoms with Crippen LogP contribution in [0.1, 0.15) is 45.6 Å². The highest BCUT2D eigenvalue weighted by Crippen LogP contribution is 2.46. The van der Waals surface area contributed by atoms with Gasteiger partial charge in [0.25, 0.3) is 0 Å². The van der Waals surface area contributed by atoms with E-state index in [-0.39, 0.29) is 41.8 Å². The fourth-order valence-electron chi connectivity index (χ4n) is 4.92. The van der Waals surface area contributed by atoms with Gasteiger partial charge in [-0.3, -0.25) is 4.79 Å². The first-order valence-corrected chi connectivity index (χ1v) is 13.0. The molecule has 0 aromatic heterocycles. The van der Waals surface area contributed by atoms with Gasteiger partial charge in [-0.25, -0.2) is 4.79 Å². The van der Waals surface area contributed by atoms with Gasteiger partial charge in [-0.15, -0.1) is 0 Å². The third-order valence-corrected chi connectivity index (χ3v) is 7.54. The lowest BCUT2D eigenvalue weighted by Gasteiger charge is -2.35. The van der Waals surface area contributed by atoms with Crippen LogP contribution in [0, 0.1) is 5.92 Å². The van der Waals surface area contributed by atoms with Crippen molar-refractivity contribution < 1.29 is 28.5 Å². The second-order valence-corrected chi connectivity index (χ2v) is 10.5. The smallest absolute Gasteiger partial charge is 0.407 e. The Labute approximate surface area is 224 Å². The van der Waals surface area contributed by atoms with Crippen molar-refractivity contribution in [3.63, 3.8) is 0 Å². The molecule has 3 rings (SSSR count). The van der Waals surface area contributed by atoms with Crippen LogP contribution >= 0.6 is 11.6 Å². The van der Waals surface area contributed by atoms with E-state index in [9.17, 15) is 9.59 Å². The second-order valence-electron chi connectivity index (χ2n) is 10.1. The first-order chi connectivity index (χ1) is 17.6. The van der Waals surface area contributed by atoms with Crippen LogP contribution in [0.2, 0.25) is 5.02 Å². The van der Waals surface area contributed by atoms with Crippen molar-refractivity contribution in [2.24, 2.45) is 5.92 Å². The number of halogens is 1. The van der Waals surface area contributed by atoms with Gasteiger partial charge in [0.1, 0.15) is 11.9 Å². The third-order valence-electron chi connectivity index (χ3n) is 7.23. The normalized spacial score (nSPS) is 27.3. The molecule has 2 N–H and O–H groups in total. The number of ether oxygens (including phenoxy) is 4. The molecule has 1 aromatic carbocycles. The molecule has 37 heavy (non-hydrogen) atoms. The first-order valence-electron chi connectivity index (χ1n) is 12.6. The van der Waals surface area contributed by atoms with Crippen molar-refractivity contribution in [3.05, 3.63) is 52.6 Å². The van der Waals surface area contributed by atoms with Crippen LogP contribution in [0.4, 0.5) is 4.79 Å². The van der Waals surface area contributed by atoms with Gasteiger partial charge in [0.15, 0.2) is 0 Å². The fourth-order valence-corrected chi connectivity index (χ4v) is 5.12. The molecule has 3 unspecified atom stereocenters. The minimum atomic E-state index is -0.459. The van der Waals surface area contributed by atoms with Gasteiger partial charge in [-0.2, -0.15) is 0 Å². The van der Waals surface area contributed by atoms with Crippen molar-refractivity contribution in [2.75, 3.05) is 21.3 Å². The molecule has 1 aromatic rings.